The first-order chi connectivity index (χ1) is 11.6. The van der Waals surface area contributed by atoms with Gasteiger partial charge in [0.2, 0.25) is 0 Å². The molecule has 0 bridgehead atoms. The van der Waals surface area contributed by atoms with Gasteiger partial charge in [0.1, 0.15) is 5.75 Å². The van der Waals surface area contributed by atoms with Gasteiger partial charge in [0.15, 0.2) is 0 Å². The summed E-state index contributed by atoms with van der Waals surface area (Å²) in [7, 11) is 1.54. The molecule has 0 heterocycles. The molecule has 5 heteroatoms. The first-order valence-corrected chi connectivity index (χ1v) is 7.73. The fraction of sp³-hybridized carbons (Fsp3) is 0.263. The van der Waals surface area contributed by atoms with Crippen LogP contribution in [0.3, 0.4) is 0 Å². The van der Waals surface area contributed by atoms with Crippen molar-refractivity contribution in [2.45, 2.75) is 13.8 Å². The summed E-state index contributed by atoms with van der Waals surface area (Å²) in [5.41, 5.74) is 2.61. The number of rotatable bonds is 6. The van der Waals surface area contributed by atoms with Crippen LogP contribution in [0.1, 0.15) is 34.6 Å². The van der Waals surface area contributed by atoms with Crippen LogP contribution in [0, 0.1) is 0 Å². The van der Waals surface area contributed by atoms with Crippen molar-refractivity contribution >= 4 is 11.9 Å². The van der Waals surface area contributed by atoms with Crippen LogP contribution in [-0.4, -0.2) is 32.3 Å². The topological polar surface area (TPSA) is 61.8 Å². The second kappa shape index (κ2) is 8.15. The minimum atomic E-state index is -0.389. The predicted molar refractivity (Wildman–Crippen MR) is 90.3 cm³/mol. The zero-order valence-electron chi connectivity index (χ0n) is 14.0. The molecule has 0 N–H and O–H groups in total. The Balaban J connectivity index is 2.31. The molecule has 24 heavy (non-hydrogen) atoms. The Morgan fingerprint density at radius 3 is 1.92 bits per heavy atom. The van der Waals surface area contributed by atoms with Crippen LogP contribution >= 0.6 is 0 Å². The molecular formula is C19H20O5. The van der Waals surface area contributed by atoms with Crippen LogP contribution in [0.25, 0.3) is 11.1 Å². The zero-order valence-corrected chi connectivity index (χ0v) is 14.0. The highest BCUT2D eigenvalue weighted by Crippen LogP contribution is 2.31. The van der Waals surface area contributed by atoms with Gasteiger partial charge in [-0.3, -0.25) is 0 Å². The summed E-state index contributed by atoms with van der Waals surface area (Å²) in [6, 6.07) is 12.2. The Hall–Kier alpha value is -2.82. The van der Waals surface area contributed by atoms with E-state index in [0.29, 0.717) is 30.1 Å². The Labute approximate surface area is 141 Å². The molecular weight excluding hydrogens is 308 g/mol. The van der Waals surface area contributed by atoms with Crippen molar-refractivity contribution < 1.29 is 23.8 Å². The lowest BCUT2D eigenvalue weighted by atomic mass is 10.0. The molecule has 2 aromatic rings. The molecule has 2 rings (SSSR count). The average molecular weight is 328 g/mol. The van der Waals surface area contributed by atoms with Crippen LogP contribution in [-0.2, 0) is 9.47 Å². The molecule has 0 aliphatic heterocycles. The number of esters is 2. The average Bonchev–Trinajstić information content (AvgIpc) is 2.61. The smallest absolute Gasteiger partial charge is 0.338 e. The quantitative estimate of drug-likeness (QED) is 0.756. The van der Waals surface area contributed by atoms with Gasteiger partial charge in [-0.15, -0.1) is 0 Å². The molecule has 0 saturated heterocycles. The van der Waals surface area contributed by atoms with Crippen molar-refractivity contribution in [2.75, 3.05) is 20.3 Å². The number of carbonyl (C=O) groups is 2. The maximum Gasteiger partial charge on any atom is 0.338 e. The highest BCUT2D eigenvalue weighted by atomic mass is 16.5. The van der Waals surface area contributed by atoms with Gasteiger partial charge in [0.05, 0.1) is 31.5 Å². The maximum absolute atomic E-state index is 11.8. The highest BCUT2D eigenvalue weighted by Gasteiger charge is 2.13. The number of hydrogen-bond donors (Lipinski definition) is 0. The SMILES string of the molecule is CCOC(=O)c1ccc(-c2ccc(C(=O)OCC)cc2OC)cc1. The summed E-state index contributed by atoms with van der Waals surface area (Å²) in [5, 5.41) is 0. The summed E-state index contributed by atoms with van der Waals surface area (Å²) < 4.78 is 15.3. The van der Waals surface area contributed by atoms with Gasteiger partial charge in [-0.05, 0) is 49.7 Å². The largest absolute Gasteiger partial charge is 0.496 e. The lowest BCUT2D eigenvalue weighted by Crippen LogP contribution is -2.05. The van der Waals surface area contributed by atoms with Gasteiger partial charge in [-0.2, -0.15) is 0 Å². The first-order valence-electron chi connectivity index (χ1n) is 7.73. The molecule has 0 fully saturated rings. The number of carbonyl (C=O) groups excluding carboxylic acids is 2. The van der Waals surface area contributed by atoms with Gasteiger partial charge in [0, 0.05) is 5.56 Å². The van der Waals surface area contributed by atoms with Crippen molar-refractivity contribution in [1.29, 1.82) is 0 Å². The number of hydrogen-bond acceptors (Lipinski definition) is 5. The van der Waals surface area contributed by atoms with E-state index in [1.807, 2.05) is 12.1 Å². The monoisotopic (exact) mass is 328 g/mol. The lowest BCUT2D eigenvalue weighted by molar-refractivity contribution is 0.0516. The Morgan fingerprint density at radius 2 is 1.38 bits per heavy atom. The molecule has 0 radical (unpaired) electrons. The Morgan fingerprint density at radius 1 is 0.833 bits per heavy atom. The predicted octanol–water partition coefficient (Wildman–Crippen LogP) is 3.72. The molecule has 0 unspecified atom stereocenters. The van der Waals surface area contributed by atoms with E-state index < -0.39 is 0 Å². The number of benzene rings is 2. The van der Waals surface area contributed by atoms with Crippen molar-refractivity contribution in [2.24, 2.45) is 0 Å². The van der Waals surface area contributed by atoms with Crippen LogP contribution in [0.2, 0.25) is 0 Å². The van der Waals surface area contributed by atoms with Gasteiger partial charge < -0.3 is 14.2 Å². The standard InChI is InChI=1S/C19H20O5/c1-4-23-18(20)14-8-6-13(7-9-14)16-11-10-15(12-17(16)22-3)19(21)24-5-2/h6-12H,4-5H2,1-3H3. The first kappa shape index (κ1) is 17.5. The minimum Gasteiger partial charge on any atom is -0.496 e. The second-order valence-corrected chi connectivity index (χ2v) is 4.93. The van der Waals surface area contributed by atoms with Gasteiger partial charge in [-0.1, -0.05) is 12.1 Å². The van der Waals surface area contributed by atoms with Gasteiger partial charge in [-0.25, -0.2) is 9.59 Å². The molecule has 0 amide bonds. The van der Waals surface area contributed by atoms with E-state index in [0.717, 1.165) is 11.1 Å². The summed E-state index contributed by atoms with van der Waals surface area (Å²) >= 11 is 0. The maximum atomic E-state index is 11.8. The summed E-state index contributed by atoms with van der Waals surface area (Å²) in [5.74, 6) is -0.182. The normalized spacial score (nSPS) is 10.1. The third-order valence-corrected chi connectivity index (χ3v) is 3.42. The molecule has 0 aromatic heterocycles. The summed E-state index contributed by atoms with van der Waals surface area (Å²) in [6.45, 7) is 4.18. The van der Waals surface area contributed by atoms with E-state index in [1.165, 1.54) is 0 Å². The van der Waals surface area contributed by atoms with E-state index in [9.17, 15) is 9.59 Å². The van der Waals surface area contributed by atoms with E-state index in [-0.39, 0.29) is 11.9 Å². The molecule has 0 saturated carbocycles. The van der Waals surface area contributed by atoms with Crippen LogP contribution < -0.4 is 4.74 Å². The van der Waals surface area contributed by atoms with E-state index in [4.69, 9.17) is 14.2 Å². The molecule has 0 aliphatic rings. The fourth-order valence-electron chi connectivity index (χ4n) is 2.27. The zero-order chi connectivity index (χ0) is 17.5. The molecule has 0 atom stereocenters. The number of methoxy groups -OCH3 is 1. The van der Waals surface area contributed by atoms with E-state index in [2.05, 4.69) is 0 Å². The van der Waals surface area contributed by atoms with Crippen molar-refractivity contribution in [3.8, 4) is 16.9 Å². The highest BCUT2D eigenvalue weighted by molar-refractivity contribution is 5.92. The Bertz CT molecular complexity index is 719. The molecule has 5 nitrogen and oxygen atoms in total. The minimum absolute atomic E-state index is 0.318. The summed E-state index contributed by atoms with van der Waals surface area (Å²) in [4.78, 5) is 23.5. The van der Waals surface area contributed by atoms with Crippen LogP contribution in [0.15, 0.2) is 42.5 Å². The van der Waals surface area contributed by atoms with Gasteiger partial charge >= 0.3 is 11.9 Å². The number of ether oxygens (including phenoxy) is 3. The third kappa shape index (κ3) is 3.93. The Kier molecular flexibility index (Phi) is 5.95. The molecule has 126 valence electrons. The van der Waals surface area contributed by atoms with Crippen LogP contribution in [0.5, 0.6) is 5.75 Å². The van der Waals surface area contributed by atoms with Gasteiger partial charge in [0.25, 0.3) is 0 Å². The van der Waals surface area contributed by atoms with Crippen molar-refractivity contribution in [1.82, 2.24) is 0 Å². The fourth-order valence-corrected chi connectivity index (χ4v) is 2.27. The molecule has 2 aromatic carbocycles. The molecule has 0 spiro atoms. The second-order valence-electron chi connectivity index (χ2n) is 4.93. The van der Waals surface area contributed by atoms with Crippen molar-refractivity contribution in [3.63, 3.8) is 0 Å². The van der Waals surface area contributed by atoms with Crippen molar-refractivity contribution in [3.05, 3.63) is 53.6 Å². The third-order valence-electron chi connectivity index (χ3n) is 3.42. The summed E-state index contributed by atoms with van der Waals surface area (Å²) in [6.07, 6.45) is 0. The molecule has 0 aliphatic carbocycles. The van der Waals surface area contributed by atoms with E-state index >= 15 is 0 Å². The lowest BCUT2D eigenvalue weighted by Gasteiger charge is -2.11. The van der Waals surface area contributed by atoms with Crippen LogP contribution in [0.4, 0.5) is 0 Å². The van der Waals surface area contributed by atoms with E-state index in [1.54, 1.807) is 51.3 Å².